The molecule has 0 spiro atoms. The van der Waals surface area contributed by atoms with Crippen molar-refractivity contribution in [2.75, 3.05) is 46.2 Å². The van der Waals surface area contributed by atoms with Crippen molar-refractivity contribution in [3.05, 3.63) is 40.6 Å². The highest BCUT2D eigenvalue weighted by Crippen LogP contribution is 2.30. The fourth-order valence-electron chi connectivity index (χ4n) is 3.31. The Balaban J connectivity index is 1.28. The Bertz CT molecular complexity index is 978. The highest BCUT2D eigenvalue weighted by molar-refractivity contribution is 7.99. The van der Waals surface area contributed by atoms with Crippen molar-refractivity contribution < 1.29 is 18.7 Å². The van der Waals surface area contributed by atoms with E-state index in [9.17, 15) is 4.79 Å². The van der Waals surface area contributed by atoms with Crippen molar-refractivity contribution >= 4 is 29.0 Å². The number of nitrogens with zero attached hydrogens (tertiary/aromatic N) is 4. The van der Waals surface area contributed by atoms with Crippen molar-refractivity contribution in [1.29, 1.82) is 0 Å². The minimum atomic E-state index is 0.0866. The number of amides is 1. The second-order valence-corrected chi connectivity index (χ2v) is 8.96. The van der Waals surface area contributed by atoms with Crippen LogP contribution in [0, 0.1) is 0 Å². The molecule has 0 saturated carbocycles. The molecule has 31 heavy (non-hydrogen) atoms. The summed E-state index contributed by atoms with van der Waals surface area (Å²) in [5.74, 6) is 1.98. The summed E-state index contributed by atoms with van der Waals surface area (Å²) >= 11 is 3.03. The van der Waals surface area contributed by atoms with Gasteiger partial charge in [0.05, 0.1) is 20.0 Å². The second kappa shape index (κ2) is 10.2. The molecule has 0 unspecified atom stereocenters. The SMILES string of the molecule is COc1cc(OC)cc(-c2nnc(SCC(=O)N3CCN(Cc4cccs4)CC3)o2)c1. The number of piperazine rings is 1. The van der Waals surface area contributed by atoms with Crippen LogP contribution in [-0.2, 0) is 11.3 Å². The lowest BCUT2D eigenvalue weighted by molar-refractivity contribution is -0.130. The van der Waals surface area contributed by atoms with Gasteiger partial charge < -0.3 is 18.8 Å². The zero-order valence-corrected chi connectivity index (χ0v) is 19.1. The average Bonchev–Trinajstić information content (AvgIpc) is 3.50. The Morgan fingerprint density at radius 1 is 1.13 bits per heavy atom. The van der Waals surface area contributed by atoms with Crippen molar-refractivity contribution in [1.82, 2.24) is 20.0 Å². The van der Waals surface area contributed by atoms with Gasteiger partial charge in [-0.1, -0.05) is 17.8 Å². The van der Waals surface area contributed by atoms with Gasteiger partial charge in [0.2, 0.25) is 11.8 Å². The standard InChI is InChI=1S/C21H24N4O4S2/c1-27-16-10-15(11-17(12-16)28-2)20-22-23-21(29-20)31-14-19(26)25-7-5-24(6-8-25)13-18-4-3-9-30-18/h3-4,9-12H,5-8,13-14H2,1-2H3. The predicted molar refractivity (Wildman–Crippen MR) is 120 cm³/mol. The molecule has 0 radical (unpaired) electrons. The summed E-state index contributed by atoms with van der Waals surface area (Å²) in [5, 5.41) is 10.6. The minimum absolute atomic E-state index is 0.0866. The lowest BCUT2D eigenvalue weighted by atomic mass is 10.2. The molecular formula is C21H24N4O4S2. The molecule has 10 heteroatoms. The maximum absolute atomic E-state index is 12.6. The lowest BCUT2D eigenvalue weighted by Gasteiger charge is -2.34. The maximum Gasteiger partial charge on any atom is 0.277 e. The summed E-state index contributed by atoms with van der Waals surface area (Å²) < 4.78 is 16.3. The van der Waals surface area contributed by atoms with Crippen molar-refractivity contribution in [2.24, 2.45) is 0 Å². The van der Waals surface area contributed by atoms with Crippen LogP contribution in [0.3, 0.4) is 0 Å². The first-order valence-corrected chi connectivity index (χ1v) is 11.7. The number of carbonyl (C=O) groups is 1. The van der Waals surface area contributed by atoms with Crippen LogP contribution >= 0.6 is 23.1 Å². The summed E-state index contributed by atoms with van der Waals surface area (Å²) in [6.07, 6.45) is 0. The molecule has 1 aliphatic rings. The minimum Gasteiger partial charge on any atom is -0.497 e. The van der Waals surface area contributed by atoms with Crippen LogP contribution in [0.2, 0.25) is 0 Å². The number of hydrogen-bond donors (Lipinski definition) is 0. The third kappa shape index (κ3) is 5.57. The summed E-state index contributed by atoms with van der Waals surface area (Å²) in [4.78, 5) is 18.3. The Labute approximate surface area is 189 Å². The van der Waals surface area contributed by atoms with E-state index in [4.69, 9.17) is 13.9 Å². The molecule has 0 aliphatic carbocycles. The summed E-state index contributed by atoms with van der Waals surface area (Å²) in [5.41, 5.74) is 0.698. The van der Waals surface area contributed by atoms with E-state index < -0.39 is 0 Å². The first kappa shape index (κ1) is 21.7. The number of thioether (sulfide) groups is 1. The zero-order chi connectivity index (χ0) is 21.6. The Hall–Kier alpha value is -2.56. The number of rotatable bonds is 8. The molecule has 1 fully saturated rings. The van der Waals surface area contributed by atoms with E-state index in [0.29, 0.717) is 28.2 Å². The summed E-state index contributed by atoms with van der Waals surface area (Å²) in [6.45, 7) is 4.20. The highest BCUT2D eigenvalue weighted by atomic mass is 32.2. The number of ether oxygens (including phenoxy) is 2. The van der Waals surface area contributed by atoms with Gasteiger partial charge in [-0.05, 0) is 23.6 Å². The molecular weight excluding hydrogens is 436 g/mol. The van der Waals surface area contributed by atoms with Gasteiger partial charge in [0.15, 0.2) is 0 Å². The largest absolute Gasteiger partial charge is 0.497 e. The molecule has 3 heterocycles. The second-order valence-electron chi connectivity index (χ2n) is 7.00. The van der Waals surface area contributed by atoms with Gasteiger partial charge in [-0.2, -0.15) is 0 Å². The summed E-state index contributed by atoms with van der Waals surface area (Å²) in [6, 6.07) is 9.59. The molecule has 0 atom stereocenters. The number of aromatic nitrogens is 2. The maximum atomic E-state index is 12.6. The molecule has 1 saturated heterocycles. The fraction of sp³-hybridized carbons (Fsp3) is 0.381. The van der Waals surface area contributed by atoms with Gasteiger partial charge in [-0.3, -0.25) is 9.69 Å². The Morgan fingerprint density at radius 3 is 2.52 bits per heavy atom. The highest BCUT2D eigenvalue weighted by Gasteiger charge is 2.22. The molecule has 1 amide bonds. The molecule has 0 bridgehead atoms. The first-order chi connectivity index (χ1) is 15.1. The molecule has 3 aromatic rings. The van der Waals surface area contributed by atoms with E-state index in [1.165, 1.54) is 16.6 Å². The van der Waals surface area contributed by atoms with Gasteiger partial charge in [-0.15, -0.1) is 21.5 Å². The first-order valence-electron chi connectivity index (χ1n) is 9.87. The van der Waals surface area contributed by atoms with Crippen LogP contribution in [0.25, 0.3) is 11.5 Å². The van der Waals surface area contributed by atoms with E-state index in [-0.39, 0.29) is 11.7 Å². The molecule has 164 valence electrons. The van der Waals surface area contributed by atoms with E-state index in [2.05, 4.69) is 32.6 Å². The van der Waals surface area contributed by atoms with Gasteiger partial charge in [0.25, 0.3) is 5.22 Å². The summed E-state index contributed by atoms with van der Waals surface area (Å²) in [7, 11) is 3.17. The predicted octanol–water partition coefficient (Wildman–Crippen LogP) is 3.25. The van der Waals surface area contributed by atoms with Crippen LogP contribution < -0.4 is 9.47 Å². The van der Waals surface area contributed by atoms with E-state index >= 15 is 0 Å². The van der Waals surface area contributed by atoms with Gasteiger partial charge >= 0.3 is 0 Å². The van der Waals surface area contributed by atoms with E-state index in [1.807, 2.05) is 4.90 Å². The third-order valence-corrected chi connectivity index (χ3v) is 6.67. The monoisotopic (exact) mass is 460 g/mol. The van der Waals surface area contributed by atoms with Crippen molar-refractivity contribution in [3.63, 3.8) is 0 Å². The molecule has 1 aliphatic heterocycles. The van der Waals surface area contributed by atoms with Crippen LogP contribution in [0.5, 0.6) is 11.5 Å². The van der Waals surface area contributed by atoms with Gasteiger partial charge in [-0.25, -0.2) is 0 Å². The Kier molecular flexibility index (Phi) is 7.10. The smallest absolute Gasteiger partial charge is 0.277 e. The molecule has 2 aromatic heterocycles. The normalized spacial score (nSPS) is 14.6. The van der Waals surface area contributed by atoms with Crippen LogP contribution in [0.4, 0.5) is 0 Å². The number of hydrogen-bond acceptors (Lipinski definition) is 9. The average molecular weight is 461 g/mol. The molecule has 8 nitrogen and oxygen atoms in total. The number of carbonyl (C=O) groups excluding carboxylic acids is 1. The zero-order valence-electron chi connectivity index (χ0n) is 17.4. The molecule has 4 rings (SSSR count). The lowest BCUT2D eigenvalue weighted by Crippen LogP contribution is -2.48. The van der Waals surface area contributed by atoms with E-state index in [1.54, 1.807) is 43.8 Å². The molecule has 0 N–H and O–H groups in total. The Morgan fingerprint density at radius 2 is 1.87 bits per heavy atom. The molecule has 1 aromatic carbocycles. The van der Waals surface area contributed by atoms with E-state index in [0.717, 1.165) is 32.7 Å². The number of methoxy groups -OCH3 is 2. The third-order valence-electron chi connectivity index (χ3n) is 5.01. The quantitative estimate of drug-likeness (QED) is 0.474. The van der Waals surface area contributed by atoms with Crippen LogP contribution in [0.1, 0.15) is 4.88 Å². The van der Waals surface area contributed by atoms with Crippen molar-refractivity contribution in [3.8, 4) is 23.0 Å². The number of thiophene rings is 1. The fourth-order valence-corrected chi connectivity index (χ4v) is 4.72. The van der Waals surface area contributed by atoms with Gasteiger partial charge in [0.1, 0.15) is 11.5 Å². The van der Waals surface area contributed by atoms with Crippen LogP contribution in [-0.4, -0.2) is 72.1 Å². The van der Waals surface area contributed by atoms with Crippen molar-refractivity contribution in [2.45, 2.75) is 11.8 Å². The van der Waals surface area contributed by atoms with Gasteiger partial charge in [0, 0.05) is 49.2 Å². The van der Waals surface area contributed by atoms with Crippen LogP contribution in [0.15, 0.2) is 45.4 Å². The topological polar surface area (TPSA) is 80.9 Å². The number of benzene rings is 1.